The number of benzene rings is 1. The highest BCUT2D eigenvalue weighted by Gasteiger charge is 2.19. The molecule has 1 N–H and O–H groups in total. The van der Waals surface area contributed by atoms with Crippen LogP contribution in [0.2, 0.25) is 0 Å². The van der Waals surface area contributed by atoms with Gasteiger partial charge in [0, 0.05) is 59.3 Å². The standard InChI is InChI=1S/C21H34N4O3/c1-22-21(24(2)16-19-6-10-27-17-19)23-15-18-4-3-5-20(14-18)28-13-9-25-7-11-26-12-8-25/h3-5,14,19H,6-13,15-17H2,1-2H3,(H,22,23). The molecule has 3 rings (SSSR count). The van der Waals surface area contributed by atoms with Gasteiger partial charge in [0.15, 0.2) is 5.96 Å². The average Bonchev–Trinajstić information content (AvgIpc) is 3.23. The van der Waals surface area contributed by atoms with Crippen molar-refractivity contribution in [1.29, 1.82) is 0 Å². The lowest BCUT2D eigenvalue weighted by Gasteiger charge is -2.26. The van der Waals surface area contributed by atoms with E-state index in [1.54, 1.807) is 0 Å². The summed E-state index contributed by atoms with van der Waals surface area (Å²) in [5.74, 6) is 2.41. The highest BCUT2D eigenvalue weighted by molar-refractivity contribution is 5.79. The Hall–Kier alpha value is -1.83. The molecule has 1 aromatic carbocycles. The Morgan fingerprint density at radius 1 is 1.29 bits per heavy atom. The first-order valence-corrected chi connectivity index (χ1v) is 10.3. The van der Waals surface area contributed by atoms with Gasteiger partial charge in [-0.05, 0) is 24.1 Å². The van der Waals surface area contributed by atoms with Crippen molar-refractivity contribution in [3.63, 3.8) is 0 Å². The minimum atomic E-state index is 0.590. The van der Waals surface area contributed by atoms with Crippen molar-refractivity contribution in [3.8, 4) is 5.75 Å². The molecule has 0 aliphatic carbocycles. The SMILES string of the molecule is CN=C(NCc1cccc(OCCN2CCOCC2)c1)N(C)CC1CCOC1. The van der Waals surface area contributed by atoms with Gasteiger partial charge in [-0.2, -0.15) is 0 Å². The van der Waals surface area contributed by atoms with Gasteiger partial charge in [0.1, 0.15) is 12.4 Å². The quantitative estimate of drug-likeness (QED) is 0.536. The molecule has 156 valence electrons. The topological polar surface area (TPSA) is 58.6 Å². The van der Waals surface area contributed by atoms with E-state index in [4.69, 9.17) is 14.2 Å². The maximum absolute atomic E-state index is 5.95. The molecule has 0 spiro atoms. The third-order valence-electron chi connectivity index (χ3n) is 5.26. The van der Waals surface area contributed by atoms with Crippen LogP contribution < -0.4 is 10.1 Å². The minimum Gasteiger partial charge on any atom is -0.492 e. The molecule has 0 bridgehead atoms. The largest absolute Gasteiger partial charge is 0.492 e. The molecular formula is C21H34N4O3. The highest BCUT2D eigenvalue weighted by Crippen LogP contribution is 2.15. The molecule has 2 saturated heterocycles. The van der Waals surface area contributed by atoms with Crippen molar-refractivity contribution in [2.45, 2.75) is 13.0 Å². The van der Waals surface area contributed by atoms with Gasteiger partial charge in [-0.3, -0.25) is 9.89 Å². The Bertz CT molecular complexity index is 613. The summed E-state index contributed by atoms with van der Waals surface area (Å²) in [5, 5.41) is 3.45. The number of guanidine groups is 1. The molecule has 2 aliphatic heterocycles. The van der Waals surface area contributed by atoms with Gasteiger partial charge in [0.05, 0.1) is 19.8 Å². The molecule has 0 aromatic heterocycles. The van der Waals surface area contributed by atoms with Gasteiger partial charge < -0.3 is 24.4 Å². The van der Waals surface area contributed by atoms with Crippen LogP contribution in [0.15, 0.2) is 29.3 Å². The van der Waals surface area contributed by atoms with Crippen molar-refractivity contribution in [3.05, 3.63) is 29.8 Å². The van der Waals surface area contributed by atoms with Gasteiger partial charge in [0.25, 0.3) is 0 Å². The molecule has 0 amide bonds. The number of hydrogen-bond donors (Lipinski definition) is 1. The fraction of sp³-hybridized carbons (Fsp3) is 0.667. The van der Waals surface area contributed by atoms with Crippen LogP contribution in [0, 0.1) is 5.92 Å². The number of hydrogen-bond acceptors (Lipinski definition) is 5. The second-order valence-electron chi connectivity index (χ2n) is 7.46. The van der Waals surface area contributed by atoms with E-state index in [0.29, 0.717) is 12.5 Å². The Labute approximate surface area is 168 Å². The number of nitrogens with zero attached hydrogens (tertiary/aromatic N) is 3. The van der Waals surface area contributed by atoms with E-state index < -0.39 is 0 Å². The summed E-state index contributed by atoms with van der Waals surface area (Å²) >= 11 is 0. The van der Waals surface area contributed by atoms with Gasteiger partial charge in [-0.25, -0.2) is 0 Å². The number of nitrogens with one attached hydrogen (secondary N) is 1. The molecule has 0 saturated carbocycles. The van der Waals surface area contributed by atoms with Gasteiger partial charge >= 0.3 is 0 Å². The number of morpholine rings is 1. The summed E-state index contributed by atoms with van der Waals surface area (Å²) < 4.78 is 16.8. The second-order valence-corrected chi connectivity index (χ2v) is 7.46. The highest BCUT2D eigenvalue weighted by atomic mass is 16.5. The lowest BCUT2D eigenvalue weighted by atomic mass is 10.1. The third-order valence-corrected chi connectivity index (χ3v) is 5.26. The van der Waals surface area contributed by atoms with Crippen molar-refractivity contribution in [2.24, 2.45) is 10.9 Å². The normalized spacial score (nSPS) is 20.9. The van der Waals surface area contributed by atoms with E-state index in [9.17, 15) is 0 Å². The van der Waals surface area contributed by atoms with Crippen LogP contribution in [0.4, 0.5) is 0 Å². The number of ether oxygens (including phenoxy) is 3. The molecule has 2 fully saturated rings. The van der Waals surface area contributed by atoms with Crippen LogP contribution in [-0.4, -0.2) is 89.1 Å². The van der Waals surface area contributed by atoms with Crippen molar-refractivity contribution in [1.82, 2.24) is 15.1 Å². The monoisotopic (exact) mass is 390 g/mol. The van der Waals surface area contributed by atoms with E-state index in [0.717, 1.165) is 77.3 Å². The Kier molecular flexibility index (Phi) is 8.39. The molecule has 28 heavy (non-hydrogen) atoms. The lowest BCUT2D eigenvalue weighted by molar-refractivity contribution is 0.0322. The van der Waals surface area contributed by atoms with Gasteiger partial charge in [0.2, 0.25) is 0 Å². The molecular weight excluding hydrogens is 356 g/mol. The first kappa shape index (κ1) is 20.9. The van der Waals surface area contributed by atoms with E-state index in [1.807, 2.05) is 19.2 Å². The average molecular weight is 391 g/mol. The summed E-state index contributed by atoms with van der Waals surface area (Å²) in [4.78, 5) is 8.97. The van der Waals surface area contributed by atoms with Crippen molar-refractivity contribution >= 4 is 5.96 Å². The van der Waals surface area contributed by atoms with Crippen LogP contribution in [0.1, 0.15) is 12.0 Å². The Balaban J connectivity index is 1.42. The molecule has 7 nitrogen and oxygen atoms in total. The maximum Gasteiger partial charge on any atom is 0.193 e. The van der Waals surface area contributed by atoms with Crippen molar-refractivity contribution in [2.75, 3.05) is 73.3 Å². The summed E-state index contributed by atoms with van der Waals surface area (Å²) in [7, 11) is 3.91. The van der Waals surface area contributed by atoms with Crippen LogP contribution >= 0.6 is 0 Å². The van der Waals surface area contributed by atoms with Crippen LogP contribution in [0.25, 0.3) is 0 Å². The molecule has 0 radical (unpaired) electrons. The molecule has 2 aliphatic rings. The first-order valence-electron chi connectivity index (χ1n) is 10.3. The van der Waals surface area contributed by atoms with Crippen LogP contribution in [0.5, 0.6) is 5.75 Å². The van der Waals surface area contributed by atoms with Crippen LogP contribution in [0.3, 0.4) is 0 Å². The minimum absolute atomic E-state index is 0.590. The van der Waals surface area contributed by atoms with E-state index >= 15 is 0 Å². The Morgan fingerprint density at radius 2 is 2.14 bits per heavy atom. The summed E-state index contributed by atoms with van der Waals surface area (Å²) in [5.41, 5.74) is 1.18. The van der Waals surface area contributed by atoms with E-state index in [-0.39, 0.29) is 0 Å². The molecule has 1 atom stereocenters. The Morgan fingerprint density at radius 3 is 2.89 bits per heavy atom. The molecule has 7 heteroatoms. The van der Waals surface area contributed by atoms with Gasteiger partial charge in [-0.15, -0.1) is 0 Å². The zero-order valence-corrected chi connectivity index (χ0v) is 17.2. The number of rotatable bonds is 8. The zero-order valence-electron chi connectivity index (χ0n) is 17.2. The predicted octanol–water partition coefficient (Wildman–Crippen LogP) is 1.44. The maximum atomic E-state index is 5.95. The summed E-state index contributed by atoms with van der Waals surface area (Å²) in [6.45, 7) is 8.69. The number of aliphatic imine (C=N–C) groups is 1. The second kappa shape index (κ2) is 11.2. The summed E-state index contributed by atoms with van der Waals surface area (Å²) in [6, 6.07) is 8.28. The third kappa shape index (κ3) is 6.65. The fourth-order valence-electron chi connectivity index (χ4n) is 3.63. The van der Waals surface area contributed by atoms with E-state index in [2.05, 4.69) is 39.3 Å². The van der Waals surface area contributed by atoms with Crippen molar-refractivity contribution < 1.29 is 14.2 Å². The fourth-order valence-corrected chi connectivity index (χ4v) is 3.63. The first-order chi connectivity index (χ1) is 13.7. The van der Waals surface area contributed by atoms with Crippen LogP contribution in [-0.2, 0) is 16.0 Å². The zero-order chi connectivity index (χ0) is 19.6. The van der Waals surface area contributed by atoms with E-state index in [1.165, 1.54) is 5.56 Å². The molecule has 1 aromatic rings. The molecule has 1 unspecified atom stereocenters. The smallest absolute Gasteiger partial charge is 0.193 e. The predicted molar refractivity (Wildman–Crippen MR) is 111 cm³/mol. The lowest BCUT2D eigenvalue weighted by Crippen LogP contribution is -2.41. The summed E-state index contributed by atoms with van der Waals surface area (Å²) in [6.07, 6.45) is 1.13. The molecule has 2 heterocycles. The van der Waals surface area contributed by atoms with Gasteiger partial charge in [-0.1, -0.05) is 12.1 Å².